The van der Waals surface area contributed by atoms with Gasteiger partial charge in [-0.3, -0.25) is 4.79 Å². The molecule has 2 rings (SSSR count). The molecule has 0 atom stereocenters. The highest BCUT2D eigenvalue weighted by atomic mass is 16.5. The van der Waals surface area contributed by atoms with Gasteiger partial charge in [0.25, 0.3) is 5.91 Å². The number of likely N-dealkylation sites (N-methyl/N-ethyl adjacent to an activating group) is 1. The summed E-state index contributed by atoms with van der Waals surface area (Å²) < 4.78 is 5.90. The molecule has 0 unspecified atom stereocenters. The molecule has 2 fully saturated rings. The minimum Gasteiger partial charge on any atom is -0.364 e. The Bertz CT molecular complexity index is 313. The van der Waals surface area contributed by atoms with E-state index in [0.29, 0.717) is 6.61 Å². The lowest BCUT2D eigenvalue weighted by Crippen LogP contribution is -2.44. The van der Waals surface area contributed by atoms with Crippen molar-refractivity contribution < 1.29 is 9.53 Å². The van der Waals surface area contributed by atoms with Crippen molar-refractivity contribution in [1.82, 2.24) is 9.80 Å². The molecule has 1 saturated carbocycles. The van der Waals surface area contributed by atoms with Crippen LogP contribution in [0.15, 0.2) is 0 Å². The van der Waals surface area contributed by atoms with Gasteiger partial charge < -0.3 is 14.5 Å². The first kappa shape index (κ1) is 14.8. The van der Waals surface area contributed by atoms with Gasteiger partial charge in [0, 0.05) is 20.1 Å². The van der Waals surface area contributed by atoms with E-state index in [0.717, 1.165) is 51.4 Å². The smallest absolute Gasteiger partial charge is 0.254 e. The first-order valence-corrected chi connectivity index (χ1v) is 7.65. The largest absolute Gasteiger partial charge is 0.364 e. The molecule has 19 heavy (non-hydrogen) atoms. The summed E-state index contributed by atoms with van der Waals surface area (Å²) >= 11 is 0. The number of rotatable bonds is 3. The molecule has 1 spiro atoms. The molecule has 0 N–H and O–H groups in total. The number of carbonyl (C=O) groups is 1. The molecule has 1 amide bonds. The van der Waals surface area contributed by atoms with Crippen molar-refractivity contribution in [3.05, 3.63) is 0 Å². The molecule has 1 heterocycles. The van der Waals surface area contributed by atoms with E-state index in [4.69, 9.17) is 4.74 Å². The van der Waals surface area contributed by atoms with Gasteiger partial charge in [0.2, 0.25) is 0 Å². The minimum atomic E-state index is -0.449. The molecule has 0 aromatic rings. The fourth-order valence-corrected chi connectivity index (χ4v) is 2.66. The summed E-state index contributed by atoms with van der Waals surface area (Å²) in [4.78, 5) is 16.6. The molecule has 0 aromatic heterocycles. The SMILES string of the molecule is CC(C)CCN1CCCN(C)C(=O)C2(CC2)OCC1. The van der Waals surface area contributed by atoms with E-state index in [1.807, 2.05) is 11.9 Å². The van der Waals surface area contributed by atoms with Crippen LogP contribution in [0.4, 0.5) is 0 Å². The zero-order valence-electron chi connectivity index (χ0n) is 12.7. The predicted octanol–water partition coefficient (Wildman–Crippen LogP) is 1.75. The van der Waals surface area contributed by atoms with Gasteiger partial charge in [0.15, 0.2) is 0 Å². The number of ether oxygens (including phenoxy) is 1. The molecule has 1 saturated heterocycles. The maximum absolute atomic E-state index is 12.2. The summed E-state index contributed by atoms with van der Waals surface area (Å²) in [5, 5.41) is 0. The van der Waals surface area contributed by atoms with Crippen LogP contribution < -0.4 is 0 Å². The quantitative estimate of drug-likeness (QED) is 0.782. The first-order chi connectivity index (χ1) is 9.03. The maximum atomic E-state index is 12.2. The molecular weight excluding hydrogens is 240 g/mol. The Morgan fingerprint density at radius 3 is 2.63 bits per heavy atom. The van der Waals surface area contributed by atoms with Gasteiger partial charge in [0.05, 0.1) is 6.61 Å². The fraction of sp³-hybridized carbons (Fsp3) is 0.933. The van der Waals surface area contributed by atoms with Crippen LogP contribution in [0.1, 0.15) is 39.5 Å². The Kier molecular flexibility index (Phi) is 4.85. The summed E-state index contributed by atoms with van der Waals surface area (Å²) in [6.07, 6.45) is 4.11. The average molecular weight is 268 g/mol. The van der Waals surface area contributed by atoms with Gasteiger partial charge in [-0.2, -0.15) is 0 Å². The second-order valence-corrected chi connectivity index (χ2v) is 6.45. The summed E-state index contributed by atoms with van der Waals surface area (Å²) in [7, 11) is 1.91. The molecule has 4 nitrogen and oxygen atoms in total. The van der Waals surface area contributed by atoms with E-state index in [-0.39, 0.29) is 5.91 Å². The van der Waals surface area contributed by atoms with Gasteiger partial charge >= 0.3 is 0 Å². The van der Waals surface area contributed by atoms with Crippen molar-refractivity contribution >= 4 is 5.91 Å². The average Bonchev–Trinajstić information content (AvgIpc) is 3.14. The van der Waals surface area contributed by atoms with Crippen LogP contribution in [0.3, 0.4) is 0 Å². The Morgan fingerprint density at radius 2 is 2.00 bits per heavy atom. The molecule has 2 aliphatic rings. The molecule has 1 aliphatic carbocycles. The van der Waals surface area contributed by atoms with Crippen LogP contribution in [0.2, 0.25) is 0 Å². The first-order valence-electron chi connectivity index (χ1n) is 7.65. The van der Waals surface area contributed by atoms with E-state index in [9.17, 15) is 4.79 Å². The highest BCUT2D eigenvalue weighted by molar-refractivity contribution is 5.88. The third kappa shape index (κ3) is 3.93. The Morgan fingerprint density at radius 1 is 1.26 bits per heavy atom. The number of hydrogen-bond acceptors (Lipinski definition) is 3. The number of carbonyl (C=O) groups excluding carboxylic acids is 1. The van der Waals surface area contributed by atoms with Crippen molar-refractivity contribution in [3.8, 4) is 0 Å². The van der Waals surface area contributed by atoms with Gasteiger partial charge in [0.1, 0.15) is 5.60 Å². The van der Waals surface area contributed by atoms with E-state index in [1.54, 1.807) is 0 Å². The number of nitrogens with zero attached hydrogens (tertiary/aromatic N) is 2. The summed E-state index contributed by atoms with van der Waals surface area (Å²) in [5.74, 6) is 0.943. The van der Waals surface area contributed by atoms with Crippen molar-refractivity contribution in [3.63, 3.8) is 0 Å². The summed E-state index contributed by atoms with van der Waals surface area (Å²) in [6.45, 7) is 9.25. The second-order valence-electron chi connectivity index (χ2n) is 6.45. The van der Waals surface area contributed by atoms with E-state index in [1.165, 1.54) is 6.42 Å². The van der Waals surface area contributed by atoms with E-state index >= 15 is 0 Å². The third-order valence-electron chi connectivity index (χ3n) is 4.22. The highest BCUT2D eigenvalue weighted by Gasteiger charge is 2.52. The van der Waals surface area contributed by atoms with Crippen molar-refractivity contribution in [2.75, 3.05) is 39.8 Å². The Balaban J connectivity index is 1.87. The number of hydrogen-bond donors (Lipinski definition) is 0. The van der Waals surface area contributed by atoms with Crippen LogP contribution in [0.25, 0.3) is 0 Å². The summed E-state index contributed by atoms with van der Waals surface area (Å²) in [5.41, 5.74) is -0.449. The normalized spacial score (nSPS) is 25.1. The Hall–Kier alpha value is -0.610. The van der Waals surface area contributed by atoms with Crippen molar-refractivity contribution in [1.29, 1.82) is 0 Å². The topological polar surface area (TPSA) is 32.8 Å². The van der Waals surface area contributed by atoms with Crippen LogP contribution in [-0.2, 0) is 9.53 Å². The lowest BCUT2D eigenvalue weighted by atomic mass is 10.1. The zero-order valence-corrected chi connectivity index (χ0v) is 12.7. The van der Waals surface area contributed by atoms with E-state index in [2.05, 4.69) is 18.7 Å². The van der Waals surface area contributed by atoms with Gasteiger partial charge in [-0.1, -0.05) is 13.8 Å². The lowest BCUT2D eigenvalue weighted by Gasteiger charge is -2.30. The fourth-order valence-electron chi connectivity index (χ4n) is 2.66. The van der Waals surface area contributed by atoms with Crippen LogP contribution in [0, 0.1) is 5.92 Å². The molecule has 1 aliphatic heterocycles. The highest BCUT2D eigenvalue weighted by Crippen LogP contribution is 2.41. The van der Waals surface area contributed by atoms with Gasteiger partial charge in [-0.15, -0.1) is 0 Å². The van der Waals surface area contributed by atoms with Gasteiger partial charge in [-0.25, -0.2) is 0 Å². The summed E-state index contributed by atoms with van der Waals surface area (Å²) in [6, 6.07) is 0. The van der Waals surface area contributed by atoms with Crippen LogP contribution >= 0.6 is 0 Å². The molecule has 0 radical (unpaired) electrons. The Labute approximate surface area is 117 Å². The van der Waals surface area contributed by atoms with Crippen molar-refractivity contribution in [2.24, 2.45) is 5.92 Å². The standard InChI is InChI=1S/C15H28N2O2/c1-13(2)5-10-17-9-4-8-16(3)14(18)15(6-7-15)19-12-11-17/h13H,4-12H2,1-3H3. The van der Waals surface area contributed by atoms with Gasteiger partial charge in [-0.05, 0) is 44.7 Å². The number of amides is 1. The maximum Gasteiger partial charge on any atom is 0.254 e. The van der Waals surface area contributed by atoms with Crippen LogP contribution in [0.5, 0.6) is 0 Å². The molecule has 110 valence electrons. The molecule has 0 bridgehead atoms. The molecular formula is C15H28N2O2. The second kappa shape index (κ2) is 6.23. The monoisotopic (exact) mass is 268 g/mol. The zero-order chi connectivity index (χ0) is 13.9. The van der Waals surface area contributed by atoms with Crippen molar-refractivity contribution in [2.45, 2.75) is 45.1 Å². The lowest BCUT2D eigenvalue weighted by molar-refractivity contribution is -0.146. The van der Waals surface area contributed by atoms with E-state index < -0.39 is 5.60 Å². The molecule has 0 aromatic carbocycles. The minimum absolute atomic E-state index is 0.197. The molecule has 4 heteroatoms. The third-order valence-corrected chi connectivity index (χ3v) is 4.22. The van der Waals surface area contributed by atoms with Crippen LogP contribution in [-0.4, -0.2) is 61.1 Å². The predicted molar refractivity (Wildman–Crippen MR) is 76.1 cm³/mol.